The van der Waals surface area contributed by atoms with Gasteiger partial charge < -0.3 is 10.0 Å². The summed E-state index contributed by atoms with van der Waals surface area (Å²) in [7, 11) is -3.56. The zero-order chi connectivity index (χ0) is 19.6. The van der Waals surface area contributed by atoms with Gasteiger partial charge in [-0.25, -0.2) is 8.42 Å². The van der Waals surface area contributed by atoms with Crippen LogP contribution in [0.4, 0.5) is 0 Å². The number of sulfonamides is 1. The number of nitrogens with one attached hydrogen (secondary N) is 1. The van der Waals surface area contributed by atoms with E-state index in [4.69, 9.17) is 0 Å². The van der Waals surface area contributed by atoms with Crippen LogP contribution in [-0.2, 0) is 19.6 Å². The Labute approximate surface area is 158 Å². The Balaban J connectivity index is 1.57. The number of benzene rings is 1. The zero-order valence-corrected chi connectivity index (χ0v) is 15.9. The average molecular weight is 393 g/mol. The summed E-state index contributed by atoms with van der Waals surface area (Å²) in [6, 6.07) is 6.66. The smallest absolute Gasteiger partial charge is 0.308 e. The van der Waals surface area contributed by atoms with Gasteiger partial charge in [0.05, 0.1) is 10.8 Å². The summed E-state index contributed by atoms with van der Waals surface area (Å²) in [5.41, 5.74) is 0.540. The van der Waals surface area contributed by atoms with Crippen LogP contribution in [-0.4, -0.2) is 55.3 Å². The van der Waals surface area contributed by atoms with Crippen LogP contribution < -0.4 is 4.72 Å². The minimum absolute atomic E-state index is 0.0351. The minimum atomic E-state index is -3.56. The number of fused-ring (bicyclic) bond motifs is 1. The SMILES string of the molecule is CC1CCC(C(=O)O)CN1C(=O)CCCN=C1NS(=O)(=O)c2ccccc21. The van der Waals surface area contributed by atoms with Crippen LogP contribution >= 0.6 is 0 Å². The molecule has 1 aromatic carbocycles. The van der Waals surface area contributed by atoms with Gasteiger partial charge in [0.15, 0.2) is 0 Å². The molecule has 0 aromatic heterocycles. The Morgan fingerprint density at radius 2 is 2.04 bits per heavy atom. The summed E-state index contributed by atoms with van der Waals surface area (Å²) in [5, 5.41) is 9.17. The molecule has 0 saturated carbocycles. The molecule has 0 bridgehead atoms. The molecule has 3 rings (SSSR count). The van der Waals surface area contributed by atoms with Crippen LogP contribution in [0.3, 0.4) is 0 Å². The van der Waals surface area contributed by atoms with Crippen LogP contribution in [0.25, 0.3) is 0 Å². The van der Waals surface area contributed by atoms with Crippen LogP contribution in [0.5, 0.6) is 0 Å². The molecule has 146 valence electrons. The van der Waals surface area contributed by atoms with E-state index in [1.54, 1.807) is 23.1 Å². The highest BCUT2D eigenvalue weighted by atomic mass is 32.2. The van der Waals surface area contributed by atoms with Gasteiger partial charge in [0.25, 0.3) is 10.0 Å². The fraction of sp³-hybridized carbons (Fsp3) is 0.500. The number of amides is 1. The summed E-state index contributed by atoms with van der Waals surface area (Å²) in [6.07, 6.45) is 1.99. The molecule has 2 atom stereocenters. The first-order valence-electron chi connectivity index (χ1n) is 8.98. The van der Waals surface area contributed by atoms with Crippen molar-refractivity contribution in [3.8, 4) is 0 Å². The second-order valence-electron chi connectivity index (χ2n) is 6.94. The Kier molecular flexibility index (Phi) is 5.50. The van der Waals surface area contributed by atoms with E-state index in [0.717, 1.165) is 0 Å². The molecule has 2 heterocycles. The maximum absolute atomic E-state index is 12.4. The number of carboxylic acid groups (broad SMARTS) is 1. The average Bonchev–Trinajstić information content (AvgIpc) is 2.89. The van der Waals surface area contributed by atoms with Crippen LogP contribution in [0, 0.1) is 5.92 Å². The summed E-state index contributed by atoms with van der Waals surface area (Å²) in [4.78, 5) is 29.8. The molecule has 27 heavy (non-hydrogen) atoms. The molecular formula is C18H23N3O5S. The fourth-order valence-corrected chi connectivity index (χ4v) is 4.72. The first-order valence-corrected chi connectivity index (χ1v) is 10.5. The van der Waals surface area contributed by atoms with Gasteiger partial charge in [-0.3, -0.25) is 19.3 Å². The van der Waals surface area contributed by atoms with E-state index in [0.29, 0.717) is 37.2 Å². The molecule has 2 aliphatic rings. The number of amidine groups is 1. The molecule has 2 unspecified atom stereocenters. The predicted octanol–water partition coefficient (Wildman–Crippen LogP) is 1.22. The second-order valence-corrected chi connectivity index (χ2v) is 8.59. The van der Waals surface area contributed by atoms with Gasteiger partial charge in [-0.2, -0.15) is 0 Å². The molecule has 0 spiro atoms. The lowest BCUT2D eigenvalue weighted by Crippen LogP contribution is -2.47. The van der Waals surface area contributed by atoms with E-state index >= 15 is 0 Å². The van der Waals surface area contributed by atoms with Gasteiger partial charge in [0.1, 0.15) is 5.84 Å². The molecular weight excluding hydrogens is 370 g/mol. The highest BCUT2D eigenvalue weighted by molar-refractivity contribution is 7.90. The van der Waals surface area contributed by atoms with Gasteiger partial charge in [0.2, 0.25) is 5.91 Å². The Hall–Kier alpha value is -2.42. The number of piperidine rings is 1. The highest BCUT2D eigenvalue weighted by Crippen LogP contribution is 2.24. The van der Waals surface area contributed by atoms with E-state index in [1.807, 2.05) is 6.92 Å². The van der Waals surface area contributed by atoms with Crippen LogP contribution in [0.2, 0.25) is 0 Å². The van der Waals surface area contributed by atoms with Crippen molar-refractivity contribution in [1.29, 1.82) is 0 Å². The number of aliphatic carboxylic acids is 1. The van der Waals surface area contributed by atoms with Crippen LogP contribution in [0.15, 0.2) is 34.2 Å². The zero-order valence-electron chi connectivity index (χ0n) is 15.1. The van der Waals surface area contributed by atoms with Gasteiger partial charge in [-0.15, -0.1) is 0 Å². The van der Waals surface area contributed by atoms with Crippen molar-refractivity contribution >= 4 is 27.7 Å². The molecule has 1 fully saturated rings. The molecule has 9 heteroatoms. The Morgan fingerprint density at radius 3 is 2.78 bits per heavy atom. The van der Waals surface area contributed by atoms with E-state index in [9.17, 15) is 23.1 Å². The first-order chi connectivity index (χ1) is 12.8. The number of aliphatic imine (C=N–C) groups is 1. The number of rotatable bonds is 5. The molecule has 2 aliphatic heterocycles. The molecule has 0 radical (unpaired) electrons. The van der Waals surface area contributed by atoms with Crippen LogP contribution in [0.1, 0.15) is 38.2 Å². The standard InChI is InChI=1S/C18H23N3O5S/c1-12-8-9-13(18(23)24)11-21(12)16(22)7-4-10-19-17-14-5-2-3-6-15(14)27(25,26)20-17/h2-3,5-6,12-13H,4,7-11H2,1H3,(H,19,20)(H,23,24). The van der Waals surface area contributed by atoms with Crippen molar-refractivity contribution in [2.24, 2.45) is 10.9 Å². The van der Waals surface area contributed by atoms with Crippen molar-refractivity contribution in [3.63, 3.8) is 0 Å². The number of hydrogen-bond acceptors (Lipinski definition) is 5. The largest absolute Gasteiger partial charge is 0.481 e. The Bertz CT molecular complexity index is 881. The third kappa shape index (κ3) is 4.13. The van der Waals surface area contributed by atoms with Crippen molar-refractivity contribution in [3.05, 3.63) is 29.8 Å². The monoisotopic (exact) mass is 393 g/mol. The third-order valence-corrected chi connectivity index (χ3v) is 6.43. The first kappa shape index (κ1) is 19.3. The van der Waals surface area contributed by atoms with Crippen molar-refractivity contribution < 1.29 is 23.1 Å². The van der Waals surface area contributed by atoms with E-state index in [1.165, 1.54) is 6.07 Å². The molecule has 1 amide bonds. The van der Waals surface area contributed by atoms with Gasteiger partial charge >= 0.3 is 5.97 Å². The number of carbonyl (C=O) groups excluding carboxylic acids is 1. The fourth-order valence-electron chi connectivity index (χ4n) is 3.47. The number of hydrogen-bond donors (Lipinski definition) is 2. The number of carboxylic acids is 1. The Morgan fingerprint density at radius 1 is 1.30 bits per heavy atom. The molecule has 2 N–H and O–H groups in total. The van der Waals surface area contributed by atoms with E-state index < -0.39 is 21.9 Å². The van der Waals surface area contributed by atoms with Crippen molar-refractivity contribution in [2.45, 2.75) is 43.5 Å². The van der Waals surface area contributed by atoms with E-state index in [2.05, 4.69) is 9.71 Å². The number of nitrogens with zero attached hydrogens (tertiary/aromatic N) is 2. The molecule has 1 saturated heterocycles. The summed E-state index contributed by atoms with van der Waals surface area (Å²) in [5.74, 6) is -1.15. The second kappa shape index (κ2) is 7.67. The molecule has 1 aromatic rings. The molecule has 0 aliphatic carbocycles. The molecule has 8 nitrogen and oxygen atoms in total. The number of carbonyl (C=O) groups is 2. The predicted molar refractivity (Wildman–Crippen MR) is 98.9 cm³/mol. The minimum Gasteiger partial charge on any atom is -0.481 e. The maximum Gasteiger partial charge on any atom is 0.308 e. The van der Waals surface area contributed by atoms with E-state index in [-0.39, 0.29) is 29.8 Å². The van der Waals surface area contributed by atoms with Crippen molar-refractivity contribution in [2.75, 3.05) is 13.1 Å². The maximum atomic E-state index is 12.4. The van der Waals surface area contributed by atoms with Gasteiger partial charge in [0, 0.05) is 31.1 Å². The topological polar surface area (TPSA) is 116 Å². The lowest BCUT2D eigenvalue weighted by Gasteiger charge is -2.36. The quantitative estimate of drug-likeness (QED) is 0.730. The lowest BCUT2D eigenvalue weighted by atomic mass is 9.93. The number of likely N-dealkylation sites (tertiary alicyclic amines) is 1. The van der Waals surface area contributed by atoms with Gasteiger partial charge in [-0.05, 0) is 38.3 Å². The van der Waals surface area contributed by atoms with Gasteiger partial charge in [-0.1, -0.05) is 12.1 Å². The summed E-state index contributed by atoms with van der Waals surface area (Å²) < 4.78 is 26.5. The lowest BCUT2D eigenvalue weighted by molar-refractivity contribution is -0.147. The van der Waals surface area contributed by atoms with Crippen molar-refractivity contribution in [1.82, 2.24) is 9.62 Å². The summed E-state index contributed by atoms with van der Waals surface area (Å²) in [6.45, 7) is 2.49. The highest BCUT2D eigenvalue weighted by Gasteiger charge is 2.32. The summed E-state index contributed by atoms with van der Waals surface area (Å²) >= 11 is 0. The third-order valence-electron chi connectivity index (χ3n) is 5.03. The normalized spacial score (nSPS) is 25.1.